The molecule has 0 unspecified atom stereocenters. The van der Waals surface area contributed by atoms with Crippen molar-refractivity contribution in [2.45, 2.75) is 49.0 Å². The van der Waals surface area contributed by atoms with Crippen molar-refractivity contribution in [3.8, 4) is 0 Å². The summed E-state index contributed by atoms with van der Waals surface area (Å²) in [5.74, 6) is -0.637. The van der Waals surface area contributed by atoms with Crippen molar-refractivity contribution < 1.29 is 4.79 Å². The highest BCUT2D eigenvalue weighted by Crippen LogP contribution is 2.28. The third-order valence-corrected chi connectivity index (χ3v) is 2.12. The van der Waals surface area contributed by atoms with E-state index in [1.807, 2.05) is 27.7 Å². The van der Waals surface area contributed by atoms with Gasteiger partial charge in [0.05, 0.1) is 0 Å². The normalized spacial score (nSPS) is 13.9. The predicted octanol–water partition coefficient (Wildman–Crippen LogP) is 2.38. The van der Waals surface area contributed by atoms with Crippen LogP contribution in [-0.4, -0.2) is 20.8 Å². The van der Waals surface area contributed by atoms with E-state index in [-0.39, 0.29) is 0 Å². The van der Waals surface area contributed by atoms with E-state index in [1.165, 1.54) is 0 Å². The van der Waals surface area contributed by atoms with Gasteiger partial charge >= 0.3 is 0 Å². The average Bonchev–Trinajstić information content (AvgIpc) is 1.76. The van der Waals surface area contributed by atoms with Gasteiger partial charge in [0, 0.05) is 11.1 Å². The summed E-state index contributed by atoms with van der Waals surface area (Å²) in [5.41, 5.74) is 4.94. The summed E-state index contributed by atoms with van der Waals surface area (Å²) >= 11 is 16.3. The highest BCUT2D eigenvalue weighted by Gasteiger charge is 2.36. The van der Waals surface area contributed by atoms with Gasteiger partial charge in [-0.05, 0) is 34.1 Å². The van der Waals surface area contributed by atoms with E-state index in [0.29, 0.717) is 6.42 Å². The molecule has 0 aromatic carbocycles. The molecular formula is C9H17Cl3N2O. The number of hydrogen-bond acceptors (Lipinski definition) is 2. The van der Waals surface area contributed by atoms with E-state index in [9.17, 15) is 4.79 Å². The molecule has 15 heavy (non-hydrogen) atoms. The third kappa shape index (κ3) is 7.23. The van der Waals surface area contributed by atoms with Gasteiger partial charge in [0.25, 0.3) is 9.70 Å². The molecule has 0 aromatic heterocycles. The van der Waals surface area contributed by atoms with Crippen LogP contribution in [-0.2, 0) is 4.79 Å². The van der Waals surface area contributed by atoms with Gasteiger partial charge in [0.15, 0.2) is 0 Å². The van der Waals surface area contributed by atoms with E-state index in [2.05, 4.69) is 5.32 Å². The molecule has 3 N–H and O–H groups in total. The number of carbonyl (C=O) groups is 1. The Balaban J connectivity index is 4.46. The summed E-state index contributed by atoms with van der Waals surface area (Å²) in [7, 11) is 0. The Bertz CT molecular complexity index is 241. The average molecular weight is 276 g/mol. The number of nitrogens with one attached hydrogen (secondary N) is 1. The highest BCUT2D eigenvalue weighted by molar-refractivity contribution is 6.76. The topological polar surface area (TPSA) is 55.1 Å². The molecule has 0 spiro atoms. The molecule has 0 radical (unpaired) electrons. The number of hydrogen-bond donors (Lipinski definition) is 2. The van der Waals surface area contributed by atoms with E-state index in [0.717, 1.165) is 0 Å². The van der Waals surface area contributed by atoms with Gasteiger partial charge < -0.3 is 11.1 Å². The lowest BCUT2D eigenvalue weighted by molar-refractivity contribution is -0.121. The number of rotatable bonds is 3. The summed E-state index contributed by atoms with van der Waals surface area (Å²) in [4.78, 5) is 11.4. The Kier molecular flexibility index (Phi) is 4.75. The van der Waals surface area contributed by atoms with Crippen LogP contribution in [0.25, 0.3) is 0 Å². The molecule has 0 heterocycles. The minimum atomic E-state index is -1.93. The SMILES string of the molecule is CC(C)(N)CC(C)(C)NC(=O)C(Cl)(Cl)Cl. The minimum absolute atomic E-state index is 0.398. The molecule has 0 aliphatic heterocycles. The second-order valence-corrected chi connectivity index (χ2v) is 7.28. The third-order valence-electron chi connectivity index (χ3n) is 1.61. The molecule has 0 saturated heterocycles. The van der Waals surface area contributed by atoms with Crippen LogP contribution in [0.5, 0.6) is 0 Å². The van der Waals surface area contributed by atoms with Gasteiger partial charge in [-0.1, -0.05) is 34.8 Å². The van der Waals surface area contributed by atoms with Crippen LogP contribution in [0, 0.1) is 0 Å². The molecule has 0 fully saturated rings. The quantitative estimate of drug-likeness (QED) is 0.777. The highest BCUT2D eigenvalue weighted by atomic mass is 35.6. The molecule has 0 aliphatic carbocycles. The van der Waals surface area contributed by atoms with E-state index < -0.39 is 20.8 Å². The van der Waals surface area contributed by atoms with Gasteiger partial charge in [0.2, 0.25) is 0 Å². The largest absolute Gasteiger partial charge is 0.347 e. The molecule has 0 atom stereocenters. The summed E-state index contributed by atoms with van der Waals surface area (Å²) in [6.45, 7) is 7.40. The fraction of sp³-hybridized carbons (Fsp3) is 0.889. The van der Waals surface area contributed by atoms with Gasteiger partial charge in [0.1, 0.15) is 0 Å². The second-order valence-electron chi connectivity index (χ2n) is 5.00. The molecule has 0 bridgehead atoms. The maximum absolute atomic E-state index is 11.4. The minimum Gasteiger partial charge on any atom is -0.347 e. The van der Waals surface area contributed by atoms with E-state index in [1.54, 1.807) is 0 Å². The zero-order valence-corrected chi connectivity index (χ0v) is 11.6. The summed E-state index contributed by atoms with van der Waals surface area (Å²) in [5, 5.41) is 2.64. The Morgan fingerprint density at radius 3 is 1.87 bits per heavy atom. The number of halogens is 3. The van der Waals surface area contributed by atoms with Crippen molar-refractivity contribution in [2.75, 3.05) is 0 Å². The first-order valence-corrected chi connectivity index (χ1v) is 5.65. The maximum atomic E-state index is 11.4. The standard InChI is InChI=1S/C9H17Cl3N2O/c1-7(2,13)5-8(3,4)14-6(15)9(10,11)12/h5,13H2,1-4H3,(H,14,15). The summed E-state index contributed by atoms with van der Waals surface area (Å²) < 4.78 is -1.93. The fourth-order valence-electron chi connectivity index (χ4n) is 1.56. The van der Waals surface area contributed by atoms with Gasteiger partial charge in [-0.2, -0.15) is 0 Å². The molecule has 6 heteroatoms. The summed E-state index contributed by atoms with van der Waals surface area (Å²) in [6, 6.07) is 0. The molecule has 1 amide bonds. The van der Waals surface area contributed by atoms with Crippen molar-refractivity contribution in [1.82, 2.24) is 5.32 Å². The summed E-state index contributed by atoms with van der Waals surface area (Å²) in [6.07, 6.45) is 0.576. The smallest absolute Gasteiger partial charge is 0.272 e. The van der Waals surface area contributed by atoms with Crippen molar-refractivity contribution in [1.29, 1.82) is 0 Å². The molecule has 3 nitrogen and oxygen atoms in total. The number of alkyl halides is 3. The Morgan fingerprint density at radius 2 is 1.60 bits per heavy atom. The molecule has 0 rings (SSSR count). The molecule has 0 aromatic rings. The Labute approximate surface area is 106 Å². The van der Waals surface area contributed by atoms with Crippen molar-refractivity contribution in [3.05, 3.63) is 0 Å². The molecule has 90 valence electrons. The zero-order valence-electron chi connectivity index (χ0n) is 9.33. The van der Waals surface area contributed by atoms with Gasteiger partial charge in [-0.25, -0.2) is 0 Å². The zero-order chi connectivity index (χ0) is 12.5. The van der Waals surface area contributed by atoms with Crippen LogP contribution >= 0.6 is 34.8 Å². The van der Waals surface area contributed by atoms with Crippen molar-refractivity contribution in [3.63, 3.8) is 0 Å². The molecule has 0 aliphatic rings. The van der Waals surface area contributed by atoms with Crippen molar-refractivity contribution >= 4 is 40.7 Å². The number of amides is 1. The van der Waals surface area contributed by atoms with Crippen LogP contribution in [0.3, 0.4) is 0 Å². The van der Waals surface area contributed by atoms with E-state index in [4.69, 9.17) is 40.5 Å². The van der Waals surface area contributed by atoms with E-state index >= 15 is 0 Å². The van der Waals surface area contributed by atoms with Gasteiger partial charge in [-0.3, -0.25) is 4.79 Å². The van der Waals surface area contributed by atoms with Crippen LogP contribution in [0.4, 0.5) is 0 Å². The first-order valence-electron chi connectivity index (χ1n) is 4.52. The van der Waals surface area contributed by atoms with Crippen LogP contribution in [0.2, 0.25) is 0 Å². The maximum Gasteiger partial charge on any atom is 0.272 e. The van der Waals surface area contributed by atoms with Crippen LogP contribution in [0.1, 0.15) is 34.1 Å². The number of nitrogens with two attached hydrogens (primary N) is 1. The van der Waals surface area contributed by atoms with Crippen LogP contribution in [0.15, 0.2) is 0 Å². The fourth-order valence-corrected chi connectivity index (χ4v) is 1.70. The first kappa shape index (κ1) is 15.3. The number of carbonyl (C=O) groups excluding carboxylic acids is 1. The van der Waals surface area contributed by atoms with Gasteiger partial charge in [-0.15, -0.1) is 0 Å². The lowest BCUT2D eigenvalue weighted by atomic mass is 9.88. The predicted molar refractivity (Wildman–Crippen MR) is 65.4 cm³/mol. The Hall–Kier alpha value is 0.300. The molecule has 0 saturated carbocycles. The lowest BCUT2D eigenvalue weighted by Crippen LogP contribution is -2.53. The monoisotopic (exact) mass is 274 g/mol. The first-order chi connectivity index (χ1) is 6.33. The Morgan fingerprint density at radius 1 is 1.20 bits per heavy atom. The van der Waals surface area contributed by atoms with Crippen LogP contribution < -0.4 is 11.1 Å². The van der Waals surface area contributed by atoms with Crippen molar-refractivity contribution in [2.24, 2.45) is 5.73 Å². The second kappa shape index (κ2) is 4.66. The lowest BCUT2D eigenvalue weighted by Gasteiger charge is -2.34. The molecular weight excluding hydrogens is 258 g/mol.